The van der Waals surface area contributed by atoms with Gasteiger partial charge in [-0.2, -0.15) is 0 Å². The first-order valence-electron chi connectivity index (χ1n) is 8.44. The molecule has 2 unspecified atom stereocenters. The van der Waals surface area contributed by atoms with Gasteiger partial charge in [0.15, 0.2) is 6.29 Å². The van der Waals surface area contributed by atoms with Crippen molar-refractivity contribution in [2.45, 2.75) is 51.4 Å². The van der Waals surface area contributed by atoms with Crippen LogP contribution in [0.5, 0.6) is 5.75 Å². The van der Waals surface area contributed by atoms with E-state index in [-0.39, 0.29) is 30.4 Å². The van der Waals surface area contributed by atoms with Crippen LogP contribution < -0.4 is 4.74 Å². The van der Waals surface area contributed by atoms with Crippen molar-refractivity contribution in [3.05, 3.63) is 34.4 Å². The molecular formula is C17H23NO7. The molecule has 0 aliphatic carbocycles. The van der Waals surface area contributed by atoms with E-state index in [1.807, 2.05) is 0 Å². The fraction of sp³-hybridized carbons (Fsp3) is 0.588. The van der Waals surface area contributed by atoms with E-state index in [1.54, 1.807) is 0 Å². The van der Waals surface area contributed by atoms with E-state index < -0.39 is 11.1 Å². The summed E-state index contributed by atoms with van der Waals surface area (Å²) in [6, 6.07) is 5.17. The fourth-order valence-electron chi connectivity index (χ4n) is 2.41. The molecule has 0 aromatic heterocycles. The average Bonchev–Trinajstić information content (AvgIpc) is 3.05. The summed E-state index contributed by atoms with van der Waals surface area (Å²) in [6.45, 7) is 2.58. The number of carbonyl (C=O) groups excluding carboxylic acids is 1. The molecule has 1 aliphatic heterocycles. The number of hydrogen-bond acceptors (Lipinski definition) is 7. The van der Waals surface area contributed by atoms with Gasteiger partial charge in [0.2, 0.25) is 0 Å². The lowest BCUT2D eigenvalue weighted by Gasteiger charge is -2.11. The van der Waals surface area contributed by atoms with Crippen LogP contribution in [0.25, 0.3) is 0 Å². The number of benzene rings is 1. The molecule has 25 heavy (non-hydrogen) atoms. The molecule has 2 atom stereocenters. The zero-order chi connectivity index (χ0) is 18.1. The minimum atomic E-state index is -0.885. The maximum absolute atomic E-state index is 11.6. The smallest absolute Gasteiger partial charge is 0.431 e. The summed E-state index contributed by atoms with van der Waals surface area (Å²) in [5, 5.41) is 10.6. The number of nitrogens with zero attached hydrogens (tertiary/aromatic N) is 1. The van der Waals surface area contributed by atoms with Crippen LogP contribution >= 0.6 is 0 Å². The van der Waals surface area contributed by atoms with Gasteiger partial charge in [0.05, 0.1) is 11.5 Å². The molecule has 0 N–H and O–H groups in total. The Hall–Kier alpha value is -2.19. The minimum Gasteiger partial charge on any atom is -0.431 e. The zero-order valence-electron chi connectivity index (χ0n) is 14.2. The molecule has 1 heterocycles. The van der Waals surface area contributed by atoms with Crippen LogP contribution in [-0.4, -0.2) is 36.7 Å². The Morgan fingerprint density at radius 3 is 2.72 bits per heavy atom. The third-order valence-electron chi connectivity index (χ3n) is 3.74. The number of ether oxygens (including phenoxy) is 4. The quantitative estimate of drug-likeness (QED) is 0.219. The van der Waals surface area contributed by atoms with E-state index in [2.05, 4.69) is 6.92 Å². The second kappa shape index (κ2) is 9.95. The van der Waals surface area contributed by atoms with Gasteiger partial charge in [-0.1, -0.05) is 26.2 Å². The SMILES string of the molecule is CCCCCCC1OCC(COC(=O)Oc2ccc([N+](=O)[O-])cc2)O1. The molecule has 0 radical (unpaired) electrons. The van der Waals surface area contributed by atoms with E-state index in [4.69, 9.17) is 18.9 Å². The van der Waals surface area contributed by atoms with Gasteiger partial charge in [-0.05, 0) is 25.0 Å². The standard InChI is InChI=1S/C17H23NO7/c1-2-3-4-5-6-16-22-11-15(24-16)12-23-17(19)25-14-9-7-13(8-10-14)18(20)21/h7-10,15-16H,2-6,11-12H2,1H3. The van der Waals surface area contributed by atoms with Crippen LogP contribution in [0.4, 0.5) is 10.5 Å². The number of unbranched alkanes of at least 4 members (excludes halogenated alkanes) is 3. The Balaban J connectivity index is 1.64. The van der Waals surface area contributed by atoms with Gasteiger partial charge in [0.1, 0.15) is 18.5 Å². The molecule has 1 aliphatic rings. The van der Waals surface area contributed by atoms with E-state index >= 15 is 0 Å². The lowest BCUT2D eigenvalue weighted by Crippen LogP contribution is -2.23. The van der Waals surface area contributed by atoms with Crippen molar-refractivity contribution in [1.82, 2.24) is 0 Å². The third-order valence-corrected chi connectivity index (χ3v) is 3.74. The maximum atomic E-state index is 11.6. The van der Waals surface area contributed by atoms with Gasteiger partial charge in [-0.15, -0.1) is 0 Å². The Morgan fingerprint density at radius 1 is 1.28 bits per heavy atom. The van der Waals surface area contributed by atoms with Gasteiger partial charge in [0, 0.05) is 12.1 Å². The van der Waals surface area contributed by atoms with Crippen molar-refractivity contribution in [1.29, 1.82) is 0 Å². The van der Waals surface area contributed by atoms with E-state index in [0.717, 1.165) is 19.3 Å². The van der Waals surface area contributed by atoms with Gasteiger partial charge in [-0.3, -0.25) is 10.1 Å². The van der Waals surface area contributed by atoms with Gasteiger partial charge >= 0.3 is 6.16 Å². The molecule has 2 rings (SSSR count). The molecule has 1 saturated heterocycles. The Kier molecular flexibility index (Phi) is 7.62. The number of non-ortho nitro benzene ring substituents is 1. The second-order valence-corrected chi connectivity index (χ2v) is 5.78. The van der Waals surface area contributed by atoms with Crippen molar-refractivity contribution in [2.24, 2.45) is 0 Å². The van der Waals surface area contributed by atoms with Gasteiger partial charge in [-0.25, -0.2) is 4.79 Å². The molecule has 138 valence electrons. The molecule has 8 nitrogen and oxygen atoms in total. The van der Waals surface area contributed by atoms with E-state index in [9.17, 15) is 14.9 Å². The largest absolute Gasteiger partial charge is 0.513 e. The van der Waals surface area contributed by atoms with Crippen LogP contribution in [-0.2, 0) is 14.2 Å². The Bertz CT molecular complexity index is 561. The van der Waals surface area contributed by atoms with E-state index in [0.29, 0.717) is 6.61 Å². The normalized spacial score (nSPS) is 19.6. The summed E-state index contributed by atoms with van der Waals surface area (Å²) in [5.41, 5.74) is -0.0813. The summed E-state index contributed by atoms with van der Waals surface area (Å²) in [4.78, 5) is 21.7. The summed E-state index contributed by atoms with van der Waals surface area (Å²) in [5.74, 6) is 0.174. The van der Waals surface area contributed by atoms with Crippen molar-refractivity contribution < 1.29 is 28.7 Å². The first-order valence-corrected chi connectivity index (χ1v) is 8.44. The zero-order valence-corrected chi connectivity index (χ0v) is 14.2. The molecule has 8 heteroatoms. The average molecular weight is 353 g/mol. The monoisotopic (exact) mass is 353 g/mol. The Morgan fingerprint density at radius 2 is 2.04 bits per heavy atom. The number of nitro groups is 1. The molecule has 1 fully saturated rings. The number of rotatable bonds is 9. The molecule has 1 aromatic carbocycles. The van der Waals surface area contributed by atoms with Crippen molar-refractivity contribution >= 4 is 11.8 Å². The van der Waals surface area contributed by atoms with Gasteiger partial charge < -0.3 is 18.9 Å². The number of carbonyl (C=O) groups is 1. The summed E-state index contributed by atoms with van der Waals surface area (Å²) >= 11 is 0. The highest BCUT2D eigenvalue weighted by atomic mass is 16.8. The number of nitro benzene ring substituents is 1. The van der Waals surface area contributed by atoms with Crippen LogP contribution in [0.15, 0.2) is 24.3 Å². The summed E-state index contributed by atoms with van der Waals surface area (Å²) in [7, 11) is 0. The fourth-order valence-corrected chi connectivity index (χ4v) is 2.41. The first kappa shape index (κ1) is 19.1. The lowest BCUT2D eigenvalue weighted by atomic mass is 10.1. The van der Waals surface area contributed by atoms with Crippen LogP contribution in [0.2, 0.25) is 0 Å². The molecule has 0 bridgehead atoms. The molecular weight excluding hydrogens is 330 g/mol. The summed E-state index contributed by atoms with van der Waals surface area (Å²) < 4.78 is 21.1. The number of hydrogen-bond donors (Lipinski definition) is 0. The van der Waals surface area contributed by atoms with Crippen LogP contribution in [0, 0.1) is 10.1 Å². The summed E-state index contributed by atoms with van der Waals surface area (Å²) in [6.07, 6.45) is 3.99. The topological polar surface area (TPSA) is 97.1 Å². The second-order valence-electron chi connectivity index (χ2n) is 5.78. The first-order chi connectivity index (χ1) is 12.1. The van der Waals surface area contributed by atoms with Crippen LogP contribution in [0.3, 0.4) is 0 Å². The van der Waals surface area contributed by atoms with Crippen molar-refractivity contribution in [3.8, 4) is 5.75 Å². The van der Waals surface area contributed by atoms with Crippen molar-refractivity contribution in [3.63, 3.8) is 0 Å². The van der Waals surface area contributed by atoms with Crippen molar-refractivity contribution in [2.75, 3.05) is 13.2 Å². The lowest BCUT2D eigenvalue weighted by molar-refractivity contribution is -0.384. The molecule has 0 spiro atoms. The maximum Gasteiger partial charge on any atom is 0.513 e. The minimum absolute atomic E-state index is 0.0390. The highest BCUT2D eigenvalue weighted by Gasteiger charge is 2.27. The highest BCUT2D eigenvalue weighted by Crippen LogP contribution is 2.19. The van der Waals surface area contributed by atoms with E-state index in [1.165, 1.54) is 37.1 Å². The third kappa shape index (κ3) is 6.67. The van der Waals surface area contributed by atoms with Gasteiger partial charge in [0.25, 0.3) is 5.69 Å². The predicted molar refractivity (Wildman–Crippen MR) is 88.4 cm³/mol. The molecule has 0 saturated carbocycles. The Labute approximate surface area is 146 Å². The highest BCUT2D eigenvalue weighted by molar-refractivity contribution is 5.64. The molecule has 0 amide bonds. The molecule has 1 aromatic rings. The predicted octanol–water partition coefficient (Wildman–Crippen LogP) is 3.82. The van der Waals surface area contributed by atoms with Crippen LogP contribution in [0.1, 0.15) is 39.0 Å².